The van der Waals surface area contributed by atoms with Gasteiger partial charge < -0.3 is 23.1 Å². The Morgan fingerprint density at radius 1 is 0.329 bits per heavy atom. The summed E-state index contributed by atoms with van der Waals surface area (Å²) in [6.07, 6.45) is 9.55. The lowest BCUT2D eigenvalue weighted by atomic mass is 9.95. The highest BCUT2D eigenvalue weighted by Gasteiger charge is 2.29. The van der Waals surface area contributed by atoms with Crippen LogP contribution in [-0.2, 0) is 0 Å². The number of hydrogen-bond acceptors (Lipinski definition) is 5. The van der Waals surface area contributed by atoms with Gasteiger partial charge in [0.15, 0.2) is 11.2 Å². The van der Waals surface area contributed by atoms with E-state index in [0.29, 0.717) is 23.0 Å². The number of furan rings is 3. The smallest absolute Gasteiger partial charge is 0.159 e. The molecule has 0 amide bonds. The van der Waals surface area contributed by atoms with Gasteiger partial charge in [0.25, 0.3) is 0 Å². The van der Waals surface area contributed by atoms with Gasteiger partial charge in [0.05, 0.1) is 22.7 Å². The number of hydrogen-bond donors (Lipinski definition) is 0. The lowest BCUT2D eigenvalue weighted by Gasteiger charge is -2.27. The molecule has 0 aliphatic heterocycles. The van der Waals surface area contributed by atoms with Gasteiger partial charge in [-0.3, -0.25) is 0 Å². The van der Waals surface area contributed by atoms with Crippen LogP contribution < -0.4 is 9.80 Å². The van der Waals surface area contributed by atoms with E-state index in [9.17, 15) is 8.78 Å². The van der Waals surface area contributed by atoms with Gasteiger partial charge in [0, 0.05) is 66.6 Å². The first-order valence-corrected chi connectivity index (χ1v) is 25.8. The fourth-order valence-corrected chi connectivity index (χ4v) is 12.9. The van der Waals surface area contributed by atoms with Gasteiger partial charge in [0.2, 0.25) is 0 Å². The summed E-state index contributed by atoms with van der Waals surface area (Å²) in [6, 6.07) is 60.5. The number of halogens is 2. The SMILES string of the molecule is Fc1ccc(N(c2cc3oc4cc(N(c5ccc(F)cc5)c5cccc6c5oc5c(C7CCCC7)cccc56)c5ccccc5c4c3c3ccccc23)c2cccc3c2oc2c(C4CCCC4)cccc23)cc1. The molecule has 2 aliphatic carbocycles. The fraction of sp³-hybridized carbons (Fsp3) is 0.152. The van der Waals surface area contributed by atoms with E-state index >= 15 is 0 Å². The first kappa shape index (κ1) is 42.3. The van der Waals surface area contributed by atoms with Crippen molar-refractivity contribution in [3.05, 3.63) is 205 Å². The molecule has 354 valence electrons. The van der Waals surface area contributed by atoms with Crippen molar-refractivity contribution in [3.63, 3.8) is 0 Å². The normalized spacial score (nSPS) is 14.7. The van der Waals surface area contributed by atoms with Gasteiger partial charge in [-0.2, -0.15) is 0 Å². The molecule has 0 unspecified atom stereocenters. The predicted molar refractivity (Wildman–Crippen MR) is 295 cm³/mol. The van der Waals surface area contributed by atoms with Crippen LogP contribution >= 0.6 is 0 Å². The van der Waals surface area contributed by atoms with E-state index in [-0.39, 0.29) is 11.6 Å². The standard InChI is InChI=1S/C66H48F2N2O3/c67-41-29-33-43(34-30-41)69(55-27-11-25-53-51-23-9-21-45(39-13-1-2-14-39)63(51)72-65(53)55)57-37-59-61(49-19-7-5-17-47(49)57)62-50-20-8-6-18-48(50)58(38-60(62)71-59)70(44-35-31-42(68)32-36-44)56-28-12-26-54-52-24-10-22-46(40-15-3-4-16-40)64(52)73-66(54)56/h5-12,17-40H,1-4,13-16H2. The number of nitrogens with zero attached hydrogens (tertiary/aromatic N) is 2. The van der Waals surface area contributed by atoms with Crippen LogP contribution in [0.15, 0.2) is 195 Å². The maximum atomic E-state index is 14.9. The maximum absolute atomic E-state index is 14.9. The molecule has 0 radical (unpaired) electrons. The van der Waals surface area contributed by atoms with E-state index in [0.717, 1.165) is 136 Å². The lowest BCUT2D eigenvalue weighted by Crippen LogP contribution is -2.11. The van der Waals surface area contributed by atoms with Crippen LogP contribution in [0.4, 0.5) is 42.9 Å². The highest BCUT2D eigenvalue weighted by atomic mass is 19.1. The van der Waals surface area contributed by atoms with Crippen LogP contribution in [0, 0.1) is 11.6 Å². The quantitative estimate of drug-likeness (QED) is 0.152. The van der Waals surface area contributed by atoms with Crippen LogP contribution in [0.3, 0.4) is 0 Å². The third kappa shape index (κ3) is 6.57. The average molecular weight is 955 g/mol. The Morgan fingerprint density at radius 2 is 0.685 bits per heavy atom. The highest BCUT2D eigenvalue weighted by Crippen LogP contribution is 2.52. The summed E-state index contributed by atoms with van der Waals surface area (Å²) < 4.78 is 51.2. The third-order valence-electron chi connectivity index (χ3n) is 16.2. The van der Waals surface area contributed by atoms with Crippen LogP contribution in [0.25, 0.3) is 87.4 Å². The van der Waals surface area contributed by atoms with E-state index in [1.54, 1.807) is 0 Å². The van der Waals surface area contributed by atoms with Crippen molar-refractivity contribution in [1.82, 2.24) is 0 Å². The first-order valence-electron chi connectivity index (χ1n) is 25.8. The summed E-state index contributed by atoms with van der Waals surface area (Å²) >= 11 is 0. The Morgan fingerprint density at radius 3 is 1.10 bits per heavy atom. The van der Waals surface area contributed by atoms with E-state index in [2.05, 4.69) is 143 Å². The molecule has 0 atom stereocenters. The number of anilines is 6. The van der Waals surface area contributed by atoms with Gasteiger partial charge >= 0.3 is 0 Å². The summed E-state index contributed by atoms with van der Waals surface area (Å²) in [7, 11) is 0. The Labute approximate surface area is 419 Å². The van der Waals surface area contributed by atoms with Crippen LogP contribution in [0.2, 0.25) is 0 Å². The van der Waals surface area contributed by atoms with E-state index in [1.807, 2.05) is 24.3 Å². The van der Waals surface area contributed by atoms with Crippen LogP contribution in [0.5, 0.6) is 0 Å². The molecule has 10 aromatic carbocycles. The molecule has 15 rings (SSSR count). The Kier molecular flexibility index (Phi) is 9.60. The molecule has 5 nitrogen and oxygen atoms in total. The minimum Gasteiger partial charge on any atom is -0.456 e. The van der Waals surface area contributed by atoms with Gasteiger partial charge in [-0.25, -0.2) is 8.78 Å². The van der Waals surface area contributed by atoms with Gasteiger partial charge in [0.1, 0.15) is 34.0 Å². The number of rotatable bonds is 8. The van der Waals surface area contributed by atoms with E-state index < -0.39 is 0 Å². The Hall–Kier alpha value is -8.42. The molecular formula is C66H48F2N2O3. The lowest BCUT2D eigenvalue weighted by molar-refractivity contribution is 0.627. The molecule has 0 bridgehead atoms. The first-order chi connectivity index (χ1) is 36.0. The number of para-hydroxylation sites is 4. The molecule has 0 spiro atoms. The molecule has 7 heteroatoms. The van der Waals surface area contributed by atoms with Gasteiger partial charge in [-0.15, -0.1) is 0 Å². The fourth-order valence-electron chi connectivity index (χ4n) is 12.9. The molecule has 2 aliphatic rings. The topological polar surface area (TPSA) is 45.9 Å². The van der Waals surface area contributed by atoms with Crippen molar-refractivity contribution < 1.29 is 22.0 Å². The summed E-state index contributed by atoms with van der Waals surface area (Å²) in [5.41, 5.74) is 12.3. The van der Waals surface area contributed by atoms with Gasteiger partial charge in [-0.05, 0) is 120 Å². The van der Waals surface area contributed by atoms with Crippen molar-refractivity contribution in [2.45, 2.75) is 63.2 Å². The zero-order chi connectivity index (χ0) is 48.3. The van der Waals surface area contributed by atoms with Gasteiger partial charge in [-0.1, -0.05) is 135 Å². The van der Waals surface area contributed by atoms with Crippen LogP contribution in [0.1, 0.15) is 74.3 Å². The second-order valence-corrected chi connectivity index (χ2v) is 20.3. The Bertz CT molecular complexity index is 4050. The van der Waals surface area contributed by atoms with Crippen molar-refractivity contribution in [2.75, 3.05) is 9.80 Å². The monoisotopic (exact) mass is 954 g/mol. The highest BCUT2D eigenvalue weighted by molar-refractivity contribution is 6.30. The summed E-state index contributed by atoms with van der Waals surface area (Å²) in [5, 5.41) is 10.3. The van der Waals surface area contributed by atoms with E-state index in [4.69, 9.17) is 13.3 Å². The summed E-state index contributed by atoms with van der Waals surface area (Å²) in [6.45, 7) is 0. The molecule has 3 aromatic heterocycles. The molecule has 0 saturated heterocycles. The average Bonchev–Trinajstić information content (AvgIpc) is 4.33. The zero-order valence-electron chi connectivity index (χ0n) is 40.0. The number of fused-ring (bicyclic) bond motifs is 13. The second-order valence-electron chi connectivity index (χ2n) is 20.3. The Balaban J connectivity index is 0.979. The minimum absolute atomic E-state index is 0.313. The maximum Gasteiger partial charge on any atom is 0.159 e. The molecule has 2 fully saturated rings. The summed E-state index contributed by atoms with van der Waals surface area (Å²) in [4.78, 5) is 4.39. The largest absolute Gasteiger partial charge is 0.456 e. The predicted octanol–water partition coefficient (Wildman–Crippen LogP) is 20.2. The molecule has 13 aromatic rings. The van der Waals surface area contributed by atoms with E-state index in [1.165, 1.54) is 61.1 Å². The summed E-state index contributed by atoms with van der Waals surface area (Å²) in [5.74, 6) is 0.306. The van der Waals surface area contributed by atoms with Crippen molar-refractivity contribution in [3.8, 4) is 0 Å². The molecule has 2 saturated carbocycles. The third-order valence-corrected chi connectivity index (χ3v) is 16.2. The molecule has 0 N–H and O–H groups in total. The van der Waals surface area contributed by atoms with Crippen molar-refractivity contribution in [2.24, 2.45) is 0 Å². The number of benzene rings is 10. The van der Waals surface area contributed by atoms with Crippen molar-refractivity contribution >= 4 is 121 Å². The molecule has 3 heterocycles. The molecule has 73 heavy (non-hydrogen) atoms. The van der Waals surface area contributed by atoms with Crippen molar-refractivity contribution in [1.29, 1.82) is 0 Å². The minimum atomic E-state index is -0.313. The zero-order valence-corrected chi connectivity index (χ0v) is 40.0. The van der Waals surface area contributed by atoms with Crippen LogP contribution in [-0.4, -0.2) is 0 Å². The second kappa shape index (κ2) is 16.6. The molecular weight excluding hydrogens is 907 g/mol.